The molecule has 4 aliphatic heterocycles. The standard InChI is InChI=1S/C27H31N5O3.C26H29N5O4S.C26H29N5O2.C24H25N5O4S/c1-27(2,33)17-31-15-20(14-29-31)19-3-6-22-23(13-19)28-10-7-24(22)35-25-16-32(21-4-5-21)30-26(25)18-8-11-34-12-9-18;1-36(32,33)13-10-30-16-20(15-28-30)19-2-5-22-23(14-19)27-9-6-24(22)35-25-17-31(21-3-4-21)29-26(25)18-7-11-34-12-8-18;1-17(2)30-15-20(14-28-30)19-3-6-22-23(13-19)27-10-7-24(22)33-25-16-31(21-4-5-21)29-26(25)18-8-11-32-12-9-18;1-34(30,31)29-14-18(13-26-29)17-2-5-20-21(12-17)25-9-6-22(20)33-23-15-28(19-3-4-19)27-24(23)16-7-10-32-11-8-16/h3,6-7,10,13-16,18,21,33H,4-5,8-9,11-12,17H2,1-2H3;2,5-6,9,14-18,21H,3-4,7-8,10-13H2,1H3;3,6-7,10,13-18,21H,4-5,8-9,11-12H2,1-2H3;2,5-6,9,12-16,19H,3-4,7-8,10-11H2,1H3. The number of rotatable bonds is 27. The Morgan fingerprint density at radius 3 is 0.949 bits per heavy atom. The van der Waals surface area contributed by atoms with Gasteiger partial charge in [0.1, 0.15) is 55.6 Å². The molecule has 12 aromatic heterocycles. The number of hydrogen-bond donors (Lipinski definition) is 1. The first-order valence-corrected chi connectivity index (χ1v) is 52.1. The lowest BCUT2D eigenvalue weighted by atomic mass is 9.96. The summed E-state index contributed by atoms with van der Waals surface area (Å²) in [5.41, 5.74) is 14.2. The van der Waals surface area contributed by atoms with Gasteiger partial charge in [-0.05, 0) is 225 Å². The molecule has 0 unspecified atom stereocenters. The molecular formula is C103H114N20O13S2. The van der Waals surface area contributed by atoms with E-state index in [0.29, 0.717) is 78.3 Å². The quantitative estimate of drug-likeness (QED) is 0.0499. The van der Waals surface area contributed by atoms with Gasteiger partial charge in [0.15, 0.2) is 23.0 Å². The van der Waals surface area contributed by atoms with E-state index in [0.717, 1.165) is 273 Å². The average Bonchev–Trinajstić information content (AvgIpc) is 1.49. The largest absolute Gasteiger partial charge is 0.453 e. The number of aromatic nitrogens is 20. The number of aliphatic hydroxyl groups is 1. The second-order valence-electron chi connectivity index (χ2n) is 38.5. The highest BCUT2D eigenvalue weighted by atomic mass is 32.2. The van der Waals surface area contributed by atoms with E-state index >= 15 is 0 Å². The summed E-state index contributed by atoms with van der Waals surface area (Å²) >= 11 is 0. The van der Waals surface area contributed by atoms with Crippen molar-refractivity contribution in [2.45, 2.75) is 203 Å². The summed E-state index contributed by atoms with van der Waals surface area (Å²) in [6.45, 7) is 14.7. The van der Waals surface area contributed by atoms with Crippen LogP contribution < -0.4 is 18.9 Å². The van der Waals surface area contributed by atoms with Crippen molar-refractivity contribution in [1.82, 2.24) is 97.6 Å². The monoisotopic (exact) mass is 1900 g/mol. The molecule has 16 heterocycles. The molecule has 4 aliphatic carbocycles. The zero-order valence-electron chi connectivity index (χ0n) is 78.4. The van der Waals surface area contributed by atoms with Gasteiger partial charge in [0, 0.05) is 176 Å². The van der Waals surface area contributed by atoms with Crippen molar-refractivity contribution >= 4 is 63.5 Å². The van der Waals surface area contributed by atoms with Crippen LogP contribution in [-0.4, -0.2) is 196 Å². The van der Waals surface area contributed by atoms with Crippen LogP contribution in [0.25, 0.3) is 88.1 Å². The molecule has 0 bridgehead atoms. The fraction of sp³-hybridized carbons (Fsp3) is 0.417. The van der Waals surface area contributed by atoms with Crippen LogP contribution in [0.1, 0.15) is 207 Å². The second kappa shape index (κ2) is 39.2. The van der Waals surface area contributed by atoms with E-state index in [1.54, 1.807) is 48.0 Å². The Morgan fingerprint density at radius 2 is 0.659 bits per heavy atom. The first-order chi connectivity index (χ1) is 67.0. The first-order valence-electron chi connectivity index (χ1n) is 48.2. The summed E-state index contributed by atoms with van der Waals surface area (Å²) in [6.07, 6.45) is 49.2. The van der Waals surface area contributed by atoms with Crippen LogP contribution in [0.4, 0.5) is 0 Å². The van der Waals surface area contributed by atoms with Crippen molar-refractivity contribution in [3.63, 3.8) is 0 Å². The number of pyridine rings is 4. The van der Waals surface area contributed by atoms with Gasteiger partial charge in [-0.2, -0.15) is 44.9 Å². The smallest absolute Gasteiger partial charge is 0.250 e. The van der Waals surface area contributed by atoms with Crippen LogP contribution in [0.2, 0.25) is 0 Å². The molecule has 8 aliphatic rings. The summed E-state index contributed by atoms with van der Waals surface area (Å²) in [5, 5.41) is 50.7. The van der Waals surface area contributed by atoms with E-state index in [4.69, 9.17) is 58.3 Å². The van der Waals surface area contributed by atoms with Crippen LogP contribution in [0.15, 0.2) is 196 Å². The molecule has 0 atom stereocenters. The molecule has 8 fully saturated rings. The van der Waals surface area contributed by atoms with E-state index in [1.165, 1.54) is 57.2 Å². The summed E-state index contributed by atoms with van der Waals surface area (Å²) in [7, 11) is -6.48. The molecule has 1 N–H and O–H groups in total. The molecule has 4 aromatic carbocycles. The molecule has 0 radical (unpaired) electrons. The first kappa shape index (κ1) is 91.5. The second-order valence-corrected chi connectivity index (χ2v) is 42.6. The molecular weight excluding hydrogens is 1790 g/mol. The van der Waals surface area contributed by atoms with Crippen molar-refractivity contribution in [2.75, 3.05) is 71.1 Å². The van der Waals surface area contributed by atoms with Crippen molar-refractivity contribution in [2.24, 2.45) is 0 Å². The fourth-order valence-corrected chi connectivity index (χ4v) is 19.4. The minimum atomic E-state index is -3.43. The van der Waals surface area contributed by atoms with Gasteiger partial charge < -0.3 is 43.0 Å². The third kappa shape index (κ3) is 21.5. The lowest BCUT2D eigenvalue weighted by molar-refractivity contribution is 0.0577. The average molecular weight is 1900 g/mol. The molecule has 33 nitrogen and oxygen atoms in total. The number of benzene rings is 4. The highest BCUT2D eigenvalue weighted by Gasteiger charge is 2.36. The Morgan fingerprint density at radius 1 is 0.362 bits per heavy atom. The van der Waals surface area contributed by atoms with Crippen molar-refractivity contribution in [1.29, 1.82) is 0 Å². The molecule has 138 heavy (non-hydrogen) atoms. The van der Waals surface area contributed by atoms with Gasteiger partial charge in [-0.15, -0.1) is 0 Å². The molecule has 4 saturated carbocycles. The van der Waals surface area contributed by atoms with Crippen LogP contribution in [0.5, 0.6) is 46.0 Å². The van der Waals surface area contributed by atoms with Crippen molar-refractivity contribution < 1.29 is 59.8 Å². The van der Waals surface area contributed by atoms with E-state index in [9.17, 15) is 21.9 Å². The lowest BCUT2D eigenvalue weighted by Crippen LogP contribution is -2.26. The fourth-order valence-electron chi connectivity index (χ4n) is 18.3. The maximum absolute atomic E-state index is 11.8. The van der Waals surface area contributed by atoms with Crippen LogP contribution in [0, 0.1) is 0 Å². The summed E-state index contributed by atoms with van der Waals surface area (Å²) in [4.78, 5) is 18.3. The Balaban J connectivity index is 0.000000110. The third-order valence-electron chi connectivity index (χ3n) is 26.6. The number of nitrogens with zero attached hydrogens (tertiary/aromatic N) is 20. The summed E-state index contributed by atoms with van der Waals surface area (Å²) in [6, 6.07) is 34.3. The van der Waals surface area contributed by atoms with Crippen molar-refractivity contribution in [3.8, 4) is 90.5 Å². The van der Waals surface area contributed by atoms with Crippen LogP contribution in [-0.2, 0) is 51.9 Å². The Hall–Kier alpha value is -12.9. The predicted octanol–water partition coefficient (Wildman–Crippen LogP) is 19.5. The molecule has 35 heteroatoms. The highest BCUT2D eigenvalue weighted by molar-refractivity contribution is 7.90. The Bertz CT molecular complexity index is 7310. The van der Waals surface area contributed by atoms with Gasteiger partial charge in [-0.3, -0.25) is 52.7 Å². The number of fused-ring (bicyclic) bond motifs is 4. The zero-order chi connectivity index (χ0) is 94.3. The van der Waals surface area contributed by atoms with Gasteiger partial charge in [-0.1, -0.05) is 24.3 Å². The number of aryl methyl sites for hydroxylation is 1. The topological polar surface area (TPSA) is 356 Å². The van der Waals surface area contributed by atoms with Gasteiger partial charge in [-0.25, -0.2) is 16.8 Å². The van der Waals surface area contributed by atoms with E-state index in [1.807, 2.05) is 109 Å². The number of sulfone groups is 1. The lowest BCUT2D eigenvalue weighted by Gasteiger charge is -2.21. The normalized spacial score (nSPS) is 17.2. The SMILES string of the molecule is CC(C)(O)Cn1cc(-c2ccc3c(Oc4cn(C5CC5)nc4C4CCOCC4)ccnc3c2)cn1.CC(C)n1cc(-c2ccc3c(Oc4cn(C5CC5)nc4C4CCOCC4)ccnc3c2)cn1.CS(=O)(=O)CCn1cc(-c2ccc3c(Oc4cn(C5CC5)nc4C4CCOCC4)ccnc3c2)cn1.CS(=O)(=O)n1cc(-c2ccc3c(Oc4cn(C5CC5)nc4C4CCOCC4)ccnc3c2)cn1. The number of hydrogen-bond acceptors (Lipinski definition) is 25. The maximum Gasteiger partial charge on any atom is 0.250 e. The van der Waals surface area contributed by atoms with Gasteiger partial charge in [0.05, 0.1) is 133 Å². The Labute approximate surface area is 799 Å². The van der Waals surface area contributed by atoms with E-state index in [-0.39, 0.29) is 5.75 Å². The van der Waals surface area contributed by atoms with Gasteiger partial charge >= 0.3 is 0 Å². The van der Waals surface area contributed by atoms with E-state index in [2.05, 4.69) is 128 Å². The van der Waals surface area contributed by atoms with E-state index < -0.39 is 25.5 Å². The zero-order valence-corrected chi connectivity index (χ0v) is 80.0. The number of ether oxygens (including phenoxy) is 8. The predicted molar refractivity (Wildman–Crippen MR) is 522 cm³/mol. The maximum atomic E-state index is 11.8. The van der Waals surface area contributed by atoms with Gasteiger partial charge in [0.25, 0.3) is 10.0 Å². The van der Waals surface area contributed by atoms with Crippen LogP contribution in [0.3, 0.4) is 0 Å². The molecule has 0 spiro atoms. The summed E-state index contributed by atoms with van der Waals surface area (Å²) < 4.78 is 109. The minimum Gasteiger partial charge on any atom is -0.453 e. The summed E-state index contributed by atoms with van der Waals surface area (Å²) in [5.74, 6) is 7.84. The molecule has 0 amide bonds. The van der Waals surface area contributed by atoms with Crippen molar-refractivity contribution in [3.05, 3.63) is 219 Å². The highest BCUT2D eigenvalue weighted by Crippen LogP contribution is 2.48. The Kier molecular flexibility index (Phi) is 26.0. The molecule has 24 rings (SSSR count). The molecule has 16 aromatic rings. The van der Waals surface area contributed by atoms with Gasteiger partial charge in [0.2, 0.25) is 0 Å². The minimum absolute atomic E-state index is 0.0568. The molecule has 4 saturated heterocycles. The molecule has 716 valence electrons. The third-order valence-corrected chi connectivity index (χ3v) is 28.4. The van der Waals surface area contributed by atoms with Crippen LogP contribution >= 0.6 is 0 Å².